The summed E-state index contributed by atoms with van der Waals surface area (Å²) < 4.78 is 0. The van der Waals surface area contributed by atoms with Crippen molar-refractivity contribution >= 4 is 0 Å². The molecule has 4 aliphatic carbocycles. The van der Waals surface area contributed by atoms with E-state index in [0.29, 0.717) is 11.8 Å². The van der Waals surface area contributed by atoms with Crippen molar-refractivity contribution in [1.82, 2.24) is 0 Å². The van der Waals surface area contributed by atoms with Crippen molar-refractivity contribution in [2.45, 2.75) is 44.8 Å². The van der Waals surface area contributed by atoms with E-state index in [-0.39, 0.29) is 17.4 Å². The average Bonchev–Trinajstić information content (AvgIpc) is 2.82. The van der Waals surface area contributed by atoms with Gasteiger partial charge in [-0.25, -0.2) is 0 Å². The van der Waals surface area contributed by atoms with Gasteiger partial charge < -0.3 is 10.2 Å². The van der Waals surface area contributed by atoms with Crippen LogP contribution in [0.3, 0.4) is 0 Å². The fourth-order valence-electron chi connectivity index (χ4n) is 4.18. The zero-order valence-corrected chi connectivity index (χ0v) is 9.26. The Kier molecular flexibility index (Phi) is 2.02. The number of fused-ring (bicyclic) bond motifs is 1. The number of unbranched alkanes of at least 4 members (excludes halogenated alkanes) is 1. The van der Waals surface area contributed by atoms with Crippen LogP contribution >= 0.6 is 0 Å². The zero-order valence-electron chi connectivity index (χ0n) is 9.26. The molecule has 4 aliphatic rings. The molecule has 4 bridgehead atoms. The van der Waals surface area contributed by atoms with E-state index in [9.17, 15) is 10.2 Å². The van der Waals surface area contributed by atoms with Gasteiger partial charge in [0.25, 0.3) is 0 Å². The van der Waals surface area contributed by atoms with Crippen molar-refractivity contribution in [2.75, 3.05) is 0 Å². The Hall–Kier alpha value is -0.340. The first-order valence-corrected chi connectivity index (χ1v) is 6.26. The maximum atomic E-state index is 10.4. The van der Waals surface area contributed by atoms with E-state index in [1.807, 2.05) is 6.08 Å². The summed E-state index contributed by atoms with van der Waals surface area (Å²) in [7, 11) is 0. The summed E-state index contributed by atoms with van der Waals surface area (Å²) in [4.78, 5) is 0. The second-order valence-electron chi connectivity index (χ2n) is 5.57. The molecule has 0 saturated heterocycles. The number of aliphatic hydroxyl groups is 2. The fraction of sp³-hybridized carbons (Fsp3) is 0.846. The Balaban J connectivity index is 1.86. The van der Waals surface area contributed by atoms with Crippen LogP contribution in [-0.2, 0) is 0 Å². The lowest BCUT2D eigenvalue weighted by Gasteiger charge is -2.26. The van der Waals surface area contributed by atoms with Gasteiger partial charge in [0.15, 0.2) is 0 Å². The molecule has 0 amide bonds. The minimum Gasteiger partial charge on any atom is -0.392 e. The summed E-state index contributed by atoms with van der Waals surface area (Å²) in [6.45, 7) is 2.20. The molecule has 6 atom stereocenters. The summed E-state index contributed by atoms with van der Waals surface area (Å²) in [5.74, 6) is 1.34. The normalized spacial score (nSPS) is 55.5. The number of rotatable bonds is 3. The topological polar surface area (TPSA) is 40.5 Å². The molecule has 2 saturated carbocycles. The molecule has 2 heteroatoms. The van der Waals surface area contributed by atoms with Gasteiger partial charge in [-0.3, -0.25) is 0 Å². The smallest absolute Gasteiger partial charge is 0.0774 e. The van der Waals surface area contributed by atoms with Crippen LogP contribution in [0.4, 0.5) is 0 Å². The van der Waals surface area contributed by atoms with Gasteiger partial charge in [0.2, 0.25) is 0 Å². The molecule has 0 aromatic rings. The predicted molar refractivity (Wildman–Crippen MR) is 58.2 cm³/mol. The quantitative estimate of drug-likeness (QED) is 0.693. The van der Waals surface area contributed by atoms with Crippen molar-refractivity contribution in [3.05, 3.63) is 12.2 Å². The van der Waals surface area contributed by atoms with E-state index in [2.05, 4.69) is 13.0 Å². The van der Waals surface area contributed by atoms with Crippen LogP contribution < -0.4 is 0 Å². The summed E-state index contributed by atoms with van der Waals surface area (Å²) in [6.07, 6.45) is 8.01. The fourth-order valence-corrected chi connectivity index (χ4v) is 4.18. The van der Waals surface area contributed by atoms with Crippen LogP contribution in [0.2, 0.25) is 0 Å². The maximum absolute atomic E-state index is 10.4. The Morgan fingerprint density at radius 1 is 1.33 bits per heavy atom. The van der Waals surface area contributed by atoms with E-state index in [1.54, 1.807) is 0 Å². The van der Waals surface area contributed by atoms with Gasteiger partial charge in [-0.15, -0.1) is 0 Å². The van der Waals surface area contributed by atoms with Crippen LogP contribution in [0.15, 0.2) is 12.2 Å². The molecule has 4 rings (SSSR count). The average molecular weight is 208 g/mol. The minimum absolute atomic E-state index is 0.113. The van der Waals surface area contributed by atoms with Gasteiger partial charge in [0, 0.05) is 11.3 Å². The molecule has 0 aliphatic heterocycles. The highest BCUT2D eigenvalue weighted by Crippen LogP contribution is 2.74. The molecule has 0 aromatic heterocycles. The maximum Gasteiger partial charge on any atom is 0.0774 e. The molecule has 2 fully saturated rings. The van der Waals surface area contributed by atoms with E-state index in [1.165, 1.54) is 12.8 Å². The van der Waals surface area contributed by atoms with Crippen LogP contribution in [0, 0.1) is 23.2 Å². The summed E-state index contributed by atoms with van der Waals surface area (Å²) in [5.41, 5.74) is 0.161. The van der Waals surface area contributed by atoms with Crippen molar-refractivity contribution < 1.29 is 10.2 Å². The van der Waals surface area contributed by atoms with Gasteiger partial charge in [-0.05, 0) is 24.7 Å². The van der Waals surface area contributed by atoms with Crippen molar-refractivity contribution in [3.63, 3.8) is 0 Å². The van der Waals surface area contributed by atoms with Crippen molar-refractivity contribution in [1.29, 1.82) is 0 Å². The first-order valence-electron chi connectivity index (χ1n) is 6.26. The van der Waals surface area contributed by atoms with Gasteiger partial charge >= 0.3 is 0 Å². The van der Waals surface area contributed by atoms with Crippen LogP contribution in [0.5, 0.6) is 0 Å². The Morgan fingerprint density at radius 3 is 2.87 bits per heavy atom. The molecule has 0 unspecified atom stereocenters. The molecule has 15 heavy (non-hydrogen) atoms. The highest BCUT2D eigenvalue weighted by molar-refractivity contribution is 5.30. The lowest BCUT2D eigenvalue weighted by molar-refractivity contribution is 0.00796. The summed E-state index contributed by atoms with van der Waals surface area (Å²) in [5, 5.41) is 20.2. The second kappa shape index (κ2) is 3.08. The van der Waals surface area contributed by atoms with Gasteiger partial charge in [-0.1, -0.05) is 31.9 Å². The lowest BCUT2D eigenvalue weighted by atomic mass is 9.86. The Labute approximate surface area is 91.0 Å². The monoisotopic (exact) mass is 208 g/mol. The minimum atomic E-state index is -0.404. The molecule has 84 valence electrons. The molecule has 2 N–H and O–H groups in total. The number of hydrogen-bond donors (Lipinski definition) is 2. The van der Waals surface area contributed by atoms with Crippen molar-refractivity contribution in [3.8, 4) is 0 Å². The van der Waals surface area contributed by atoms with E-state index >= 15 is 0 Å². The Bertz CT molecular complexity index is 299. The largest absolute Gasteiger partial charge is 0.392 e. The predicted octanol–water partition coefficient (Wildman–Crippen LogP) is 1.72. The second-order valence-corrected chi connectivity index (χ2v) is 5.57. The highest BCUT2D eigenvalue weighted by atomic mass is 16.3. The first-order chi connectivity index (χ1) is 7.21. The van der Waals surface area contributed by atoms with Crippen LogP contribution in [-0.4, -0.2) is 22.4 Å². The standard InChI is InChI=1S/C13H20O2/c1-2-3-6-13-9-4-5-11(14)8(12(13)15)7-10(9)13/h4-5,8-12,14-15H,2-3,6-7H2,1H3/t8-,9-,10+,11+,12-,13-/m1/s1. The summed E-state index contributed by atoms with van der Waals surface area (Å²) >= 11 is 0. The van der Waals surface area contributed by atoms with E-state index in [0.717, 1.165) is 12.8 Å². The zero-order chi connectivity index (χ0) is 10.6. The molecule has 0 heterocycles. The molecule has 2 nitrogen and oxygen atoms in total. The number of hydrogen-bond acceptors (Lipinski definition) is 2. The molecule has 0 radical (unpaired) electrons. The van der Waals surface area contributed by atoms with Gasteiger partial charge in [0.1, 0.15) is 0 Å². The third-order valence-corrected chi connectivity index (χ3v) is 5.04. The molecule has 0 aromatic carbocycles. The Morgan fingerprint density at radius 2 is 2.13 bits per heavy atom. The van der Waals surface area contributed by atoms with Crippen LogP contribution in [0.25, 0.3) is 0 Å². The first kappa shape index (κ1) is 9.86. The van der Waals surface area contributed by atoms with Crippen molar-refractivity contribution in [2.24, 2.45) is 23.2 Å². The van der Waals surface area contributed by atoms with Crippen LogP contribution in [0.1, 0.15) is 32.6 Å². The van der Waals surface area contributed by atoms with E-state index < -0.39 is 6.10 Å². The number of aliphatic hydroxyl groups excluding tert-OH is 2. The number of allylic oxidation sites excluding steroid dienone is 1. The SMILES string of the molecule is CCCC[C@]12[C@H](O)[C@@H]3C[C@H]1[C@H]2C=C[C@@H]3O. The highest BCUT2D eigenvalue weighted by Gasteiger charge is 2.73. The van der Waals surface area contributed by atoms with Gasteiger partial charge in [0.05, 0.1) is 12.2 Å². The van der Waals surface area contributed by atoms with Gasteiger partial charge in [-0.2, -0.15) is 0 Å². The van der Waals surface area contributed by atoms with E-state index in [4.69, 9.17) is 0 Å². The molecular weight excluding hydrogens is 188 g/mol. The third kappa shape index (κ3) is 1.07. The lowest BCUT2D eigenvalue weighted by Crippen LogP contribution is -2.33. The third-order valence-electron chi connectivity index (χ3n) is 5.04. The molecule has 0 spiro atoms. The summed E-state index contributed by atoms with van der Waals surface area (Å²) in [6, 6.07) is 0. The molecular formula is C13H20O2.